The minimum absolute atomic E-state index is 0.133. The number of carbonyl (C=O) groups is 1. The SMILES string of the molecule is CCOC(=O)C1(N2CCNCC2)COc2cc(O)ccc21. The number of esters is 1. The summed E-state index contributed by atoms with van der Waals surface area (Å²) in [7, 11) is 0. The highest BCUT2D eigenvalue weighted by atomic mass is 16.5. The van der Waals surface area contributed by atoms with E-state index in [4.69, 9.17) is 9.47 Å². The standard InChI is InChI=1S/C15H20N2O4/c1-2-20-14(19)15(17-7-5-16-6-8-17)10-21-13-9-11(18)3-4-12(13)15/h3-4,9,16,18H,2,5-8,10H2,1H3. The summed E-state index contributed by atoms with van der Waals surface area (Å²) in [5, 5.41) is 12.9. The average Bonchev–Trinajstić information content (AvgIpc) is 2.88. The van der Waals surface area contributed by atoms with Gasteiger partial charge in [-0.15, -0.1) is 0 Å². The van der Waals surface area contributed by atoms with Gasteiger partial charge in [0, 0.05) is 37.8 Å². The van der Waals surface area contributed by atoms with E-state index in [-0.39, 0.29) is 18.3 Å². The summed E-state index contributed by atoms with van der Waals surface area (Å²) in [6.07, 6.45) is 0. The van der Waals surface area contributed by atoms with Crippen LogP contribution in [0.3, 0.4) is 0 Å². The van der Waals surface area contributed by atoms with Gasteiger partial charge < -0.3 is 19.9 Å². The molecular weight excluding hydrogens is 272 g/mol. The van der Waals surface area contributed by atoms with E-state index in [9.17, 15) is 9.90 Å². The molecule has 0 aliphatic carbocycles. The van der Waals surface area contributed by atoms with Crippen molar-refractivity contribution in [2.75, 3.05) is 39.4 Å². The lowest BCUT2D eigenvalue weighted by molar-refractivity contribution is -0.160. The smallest absolute Gasteiger partial charge is 0.334 e. The number of nitrogens with one attached hydrogen (secondary N) is 1. The Kier molecular flexibility index (Phi) is 3.73. The summed E-state index contributed by atoms with van der Waals surface area (Å²) in [5.74, 6) is 0.409. The molecule has 1 unspecified atom stereocenters. The monoisotopic (exact) mass is 292 g/mol. The first-order valence-electron chi connectivity index (χ1n) is 7.28. The summed E-state index contributed by atoms with van der Waals surface area (Å²) >= 11 is 0. The van der Waals surface area contributed by atoms with Crippen molar-refractivity contribution < 1.29 is 19.4 Å². The lowest BCUT2D eigenvalue weighted by Crippen LogP contribution is -2.59. The Hall–Kier alpha value is -1.79. The van der Waals surface area contributed by atoms with Crippen LogP contribution in [0.15, 0.2) is 18.2 Å². The van der Waals surface area contributed by atoms with Crippen molar-refractivity contribution >= 4 is 5.97 Å². The number of hydrogen-bond donors (Lipinski definition) is 2. The zero-order valence-electron chi connectivity index (χ0n) is 12.1. The van der Waals surface area contributed by atoms with E-state index in [0.29, 0.717) is 12.4 Å². The van der Waals surface area contributed by atoms with E-state index in [2.05, 4.69) is 10.2 Å². The summed E-state index contributed by atoms with van der Waals surface area (Å²) in [5.41, 5.74) is -0.123. The summed E-state index contributed by atoms with van der Waals surface area (Å²) in [4.78, 5) is 14.8. The Bertz CT molecular complexity index is 542. The third kappa shape index (κ3) is 2.24. The topological polar surface area (TPSA) is 71.0 Å². The number of ether oxygens (including phenoxy) is 2. The third-order valence-electron chi connectivity index (χ3n) is 4.12. The lowest BCUT2D eigenvalue weighted by Gasteiger charge is -2.40. The molecule has 21 heavy (non-hydrogen) atoms. The summed E-state index contributed by atoms with van der Waals surface area (Å²) in [6, 6.07) is 4.90. The highest BCUT2D eigenvalue weighted by Gasteiger charge is 2.53. The normalized spacial score (nSPS) is 25.2. The molecule has 0 amide bonds. The van der Waals surface area contributed by atoms with Gasteiger partial charge in [0.25, 0.3) is 0 Å². The van der Waals surface area contributed by atoms with E-state index < -0.39 is 5.54 Å². The number of hydrogen-bond acceptors (Lipinski definition) is 6. The Morgan fingerprint density at radius 1 is 1.48 bits per heavy atom. The van der Waals surface area contributed by atoms with Gasteiger partial charge in [-0.2, -0.15) is 0 Å². The van der Waals surface area contributed by atoms with Gasteiger partial charge in [0.1, 0.15) is 18.1 Å². The average molecular weight is 292 g/mol. The predicted octanol–water partition coefficient (Wildman–Crippen LogP) is 0.448. The Morgan fingerprint density at radius 3 is 2.95 bits per heavy atom. The molecule has 2 N–H and O–H groups in total. The first-order chi connectivity index (χ1) is 10.2. The number of fused-ring (bicyclic) bond motifs is 1. The molecule has 2 heterocycles. The van der Waals surface area contributed by atoms with Gasteiger partial charge in [-0.1, -0.05) is 0 Å². The van der Waals surface area contributed by atoms with Crippen LogP contribution in [-0.4, -0.2) is 55.4 Å². The van der Waals surface area contributed by atoms with Crippen molar-refractivity contribution in [2.45, 2.75) is 12.5 Å². The van der Waals surface area contributed by atoms with E-state index >= 15 is 0 Å². The highest BCUT2D eigenvalue weighted by Crippen LogP contribution is 2.43. The van der Waals surface area contributed by atoms with E-state index in [1.54, 1.807) is 25.1 Å². The minimum atomic E-state index is -0.902. The van der Waals surface area contributed by atoms with Gasteiger partial charge in [0.15, 0.2) is 5.54 Å². The van der Waals surface area contributed by atoms with E-state index in [1.807, 2.05) is 0 Å². The molecule has 3 rings (SSSR count). The molecule has 0 bridgehead atoms. The molecule has 6 heteroatoms. The fourth-order valence-electron chi connectivity index (χ4n) is 3.09. The molecule has 2 aliphatic rings. The predicted molar refractivity (Wildman–Crippen MR) is 76.4 cm³/mol. The molecule has 0 saturated carbocycles. The second-order valence-electron chi connectivity index (χ2n) is 5.29. The number of phenols is 1. The number of carbonyl (C=O) groups excluding carboxylic acids is 1. The van der Waals surface area contributed by atoms with Gasteiger partial charge in [0.2, 0.25) is 0 Å². The molecule has 1 saturated heterocycles. The number of benzene rings is 1. The number of phenolic OH excluding ortho intramolecular Hbond substituents is 1. The van der Waals surface area contributed by atoms with Crippen LogP contribution in [0.2, 0.25) is 0 Å². The quantitative estimate of drug-likeness (QED) is 0.788. The molecule has 0 radical (unpaired) electrons. The van der Waals surface area contributed by atoms with Gasteiger partial charge >= 0.3 is 5.97 Å². The fraction of sp³-hybridized carbons (Fsp3) is 0.533. The van der Waals surface area contributed by atoms with Crippen LogP contribution >= 0.6 is 0 Å². The van der Waals surface area contributed by atoms with Gasteiger partial charge in [-0.25, -0.2) is 4.79 Å². The molecular formula is C15H20N2O4. The maximum atomic E-state index is 12.7. The highest BCUT2D eigenvalue weighted by molar-refractivity contribution is 5.85. The molecule has 0 aromatic heterocycles. The fourth-order valence-corrected chi connectivity index (χ4v) is 3.09. The zero-order chi connectivity index (χ0) is 14.9. The van der Waals surface area contributed by atoms with Crippen molar-refractivity contribution in [3.8, 4) is 11.5 Å². The van der Waals surface area contributed by atoms with Gasteiger partial charge in [-0.05, 0) is 19.1 Å². The van der Waals surface area contributed by atoms with Crippen molar-refractivity contribution in [1.29, 1.82) is 0 Å². The number of piperazine rings is 1. The third-order valence-corrected chi connectivity index (χ3v) is 4.12. The Balaban J connectivity index is 2.04. The van der Waals surface area contributed by atoms with Gasteiger partial charge in [0.05, 0.1) is 6.61 Å². The molecule has 1 aromatic rings. The van der Waals surface area contributed by atoms with Crippen LogP contribution in [0.25, 0.3) is 0 Å². The molecule has 6 nitrogen and oxygen atoms in total. The maximum absolute atomic E-state index is 12.7. The van der Waals surface area contributed by atoms with Crippen LogP contribution in [-0.2, 0) is 15.1 Å². The van der Waals surface area contributed by atoms with Crippen LogP contribution in [0.1, 0.15) is 12.5 Å². The van der Waals surface area contributed by atoms with Crippen molar-refractivity contribution in [3.05, 3.63) is 23.8 Å². The maximum Gasteiger partial charge on any atom is 0.334 e. The minimum Gasteiger partial charge on any atom is -0.508 e. The van der Waals surface area contributed by atoms with Crippen LogP contribution in [0.5, 0.6) is 11.5 Å². The summed E-state index contributed by atoms with van der Waals surface area (Å²) in [6.45, 7) is 5.52. The largest absolute Gasteiger partial charge is 0.508 e. The number of aromatic hydroxyl groups is 1. The molecule has 0 spiro atoms. The number of nitrogens with zero attached hydrogens (tertiary/aromatic N) is 1. The first-order valence-corrected chi connectivity index (χ1v) is 7.28. The van der Waals surface area contributed by atoms with Crippen molar-refractivity contribution in [3.63, 3.8) is 0 Å². The second-order valence-corrected chi connectivity index (χ2v) is 5.29. The molecule has 1 aromatic carbocycles. The van der Waals surface area contributed by atoms with Crippen molar-refractivity contribution in [1.82, 2.24) is 10.2 Å². The van der Waals surface area contributed by atoms with Gasteiger partial charge in [-0.3, -0.25) is 4.90 Å². The molecule has 114 valence electrons. The van der Waals surface area contributed by atoms with E-state index in [0.717, 1.165) is 31.7 Å². The second kappa shape index (κ2) is 5.54. The van der Waals surface area contributed by atoms with Crippen LogP contribution in [0, 0.1) is 0 Å². The van der Waals surface area contributed by atoms with E-state index in [1.165, 1.54) is 0 Å². The first kappa shape index (κ1) is 14.2. The number of rotatable bonds is 3. The Morgan fingerprint density at radius 2 is 2.24 bits per heavy atom. The molecule has 2 aliphatic heterocycles. The Labute approximate surface area is 123 Å². The lowest BCUT2D eigenvalue weighted by atomic mass is 9.89. The van der Waals surface area contributed by atoms with Crippen LogP contribution in [0.4, 0.5) is 0 Å². The molecule has 1 atom stereocenters. The van der Waals surface area contributed by atoms with Crippen LogP contribution < -0.4 is 10.1 Å². The zero-order valence-corrected chi connectivity index (χ0v) is 12.1. The molecule has 1 fully saturated rings. The van der Waals surface area contributed by atoms with Crippen molar-refractivity contribution in [2.24, 2.45) is 0 Å². The summed E-state index contributed by atoms with van der Waals surface area (Å²) < 4.78 is 11.0.